The molecule has 0 bridgehead atoms. The summed E-state index contributed by atoms with van der Waals surface area (Å²) in [6, 6.07) is 13.1. The number of oxime groups is 1. The van der Waals surface area contributed by atoms with Gasteiger partial charge in [0.2, 0.25) is 0 Å². The van der Waals surface area contributed by atoms with Gasteiger partial charge >= 0.3 is 5.63 Å². The zero-order valence-electron chi connectivity index (χ0n) is 11.2. The molecule has 100 valence electrons. The highest BCUT2D eigenvalue weighted by molar-refractivity contribution is 6.13. The van der Waals surface area contributed by atoms with Crippen molar-refractivity contribution in [2.45, 2.75) is 6.92 Å². The summed E-state index contributed by atoms with van der Waals surface area (Å²) in [5, 5.41) is 6.26. The Bertz CT molecular complexity index is 878. The summed E-state index contributed by atoms with van der Waals surface area (Å²) < 4.78 is 5.48. The molecule has 1 aromatic heterocycles. The molecule has 0 aliphatic carbocycles. The van der Waals surface area contributed by atoms with Gasteiger partial charge in [-0.25, -0.2) is 4.79 Å². The first kappa shape index (κ1) is 12.4. The van der Waals surface area contributed by atoms with E-state index in [-0.39, 0.29) is 5.63 Å². The van der Waals surface area contributed by atoms with Crippen LogP contribution in [0, 0.1) is 0 Å². The van der Waals surface area contributed by atoms with E-state index >= 15 is 0 Å². The second-order valence-corrected chi connectivity index (χ2v) is 4.48. The molecule has 3 aromatic rings. The average molecular weight is 267 g/mol. The van der Waals surface area contributed by atoms with E-state index in [0.29, 0.717) is 16.7 Å². The lowest BCUT2D eigenvalue weighted by Crippen LogP contribution is -2.03. The molecule has 4 nitrogen and oxygen atoms in total. The van der Waals surface area contributed by atoms with Crippen molar-refractivity contribution in [3.05, 3.63) is 58.4 Å². The lowest BCUT2D eigenvalue weighted by molar-refractivity contribution is 0.213. The van der Waals surface area contributed by atoms with Crippen molar-refractivity contribution >= 4 is 27.5 Å². The SMILES string of the molecule is CO/N=C(\C)c1cccc2c1oc(=O)c1ccccc12. The summed E-state index contributed by atoms with van der Waals surface area (Å²) in [6.45, 7) is 1.81. The first-order valence-electron chi connectivity index (χ1n) is 6.25. The van der Waals surface area contributed by atoms with Crippen LogP contribution in [0.25, 0.3) is 21.7 Å². The Hall–Kier alpha value is -2.62. The number of fused-ring (bicyclic) bond motifs is 3. The van der Waals surface area contributed by atoms with Crippen LogP contribution in [-0.2, 0) is 4.84 Å². The maximum absolute atomic E-state index is 12.1. The van der Waals surface area contributed by atoms with Gasteiger partial charge in [-0.1, -0.05) is 35.5 Å². The molecule has 0 saturated heterocycles. The van der Waals surface area contributed by atoms with Gasteiger partial charge in [-0.2, -0.15) is 0 Å². The maximum Gasteiger partial charge on any atom is 0.344 e. The highest BCUT2D eigenvalue weighted by Crippen LogP contribution is 2.25. The molecule has 0 aliphatic heterocycles. The molecule has 0 fully saturated rings. The number of nitrogens with zero attached hydrogens (tertiary/aromatic N) is 1. The van der Waals surface area contributed by atoms with Gasteiger partial charge in [-0.3, -0.25) is 0 Å². The van der Waals surface area contributed by atoms with Crippen LogP contribution in [0.15, 0.2) is 56.8 Å². The molecule has 0 radical (unpaired) electrons. The molecule has 0 aliphatic rings. The molecule has 0 N–H and O–H groups in total. The third-order valence-corrected chi connectivity index (χ3v) is 3.26. The lowest BCUT2D eigenvalue weighted by atomic mass is 10.0. The number of para-hydroxylation sites is 1. The van der Waals surface area contributed by atoms with Gasteiger partial charge in [-0.15, -0.1) is 0 Å². The van der Waals surface area contributed by atoms with Crippen LogP contribution in [0.5, 0.6) is 0 Å². The van der Waals surface area contributed by atoms with Crippen molar-refractivity contribution in [3.63, 3.8) is 0 Å². The summed E-state index contributed by atoms with van der Waals surface area (Å²) in [5.74, 6) is 0. The molecular formula is C16H13NO3. The van der Waals surface area contributed by atoms with Crippen LogP contribution < -0.4 is 5.63 Å². The van der Waals surface area contributed by atoms with Crippen molar-refractivity contribution in [2.24, 2.45) is 5.16 Å². The number of hydrogen-bond acceptors (Lipinski definition) is 4. The Kier molecular flexibility index (Phi) is 2.99. The molecule has 0 saturated carbocycles. The van der Waals surface area contributed by atoms with Crippen LogP contribution in [-0.4, -0.2) is 12.8 Å². The van der Waals surface area contributed by atoms with Gasteiger partial charge in [0.15, 0.2) is 0 Å². The second kappa shape index (κ2) is 4.81. The number of hydrogen-bond donors (Lipinski definition) is 0. The number of benzene rings is 2. The Morgan fingerprint density at radius 3 is 2.50 bits per heavy atom. The van der Waals surface area contributed by atoms with Crippen LogP contribution in [0.3, 0.4) is 0 Å². The predicted molar refractivity (Wildman–Crippen MR) is 79.2 cm³/mol. The molecule has 0 unspecified atom stereocenters. The van der Waals surface area contributed by atoms with E-state index in [1.807, 2.05) is 43.3 Å². The van der Waals surface area contributed by atoms with Crippen molar-refractivity contribution in [3.8, 4) is 0 Å². The minimum Gasteiger partial charge on any atom is -0.422 e. The van der Waals surface area contributed by atoms with Gasteiger partial charge < -0.3 is 9.25 Å². The Morgan fingerprint density at radius 1 is 1.05 bits per heavy atom. The molecule has 0 atom stereocenters. The van der Waals surface area contributed by atoms with E-state index in [4.69, 9.17) is 9.25 Å². The maximum atomic E-state index is 12.1. The smallest absolute Gasteiger partial charge is 0.344 e. The molecule has 20 heavy (non-hydrogen) atoms. The first-order valence-corrected chi connectivity index (χ1v) is 6.25. The second-order valence-electron chi connectivity index (χ2n) is 4.48. The Balaban J connectivity index is 2.48. The first-order chi connectivity index (χ1) is 9.72. The molecule has 0 amide bonds. The molecule has 2 aromatic carbocycles. The minimum atomic E-state index is -0.342. The van der Waals surface area contributed by atoms with Crippen molar-refractivity contribution < 1.29 is 9.25 Å². The van der Waals surface area contributed by atoms with Crippen molar-refractivity contribution in [1.29, 1.82) is 0 Å². The highest BCUT2D eigenvalue weighted by atomic mass is 16.6. The largest absolute Gasteiger partial charge is 0.422 e. The van der Waals surface area contributed by atoms with E-state index in [2.05, 4.69) is 5.16 Å². The normalized spacial score (nSPS) is 12.0. The van der Waals surface area contributed by atoms with E-state index in [9.17, 15) is 4.79 Å². The van der Waals surface area contributed by atoms with Gasteiger partial charge in [0.25, 0.3) is 0 Å². The van der Waals surface area contributed by atoms with Gasteiger partial charge in [0.05, 0.1) is 11.1 Å². The van der Waals surface area contributed by atoms with E-state index in [1.165, 1.54) is 7.11 Å². The Labute approximate surface area is 115 Å². The minimum absolute atomic E-state index is 0.342. The monoisotopic (exact) mass is 267 g/mol. The van der Waals surface area contributed by atoms with Crippen LogP contribution in [0.1, 0.15) is 12.5 Å². The predicted octanol–water partition coefficient (Wildman–Crippen LogP) is 3.32. The fraction of sp³-hybridized carbons (Fsp3) is 0.125. The molecule has 3 rings (SSSR count). The van der Waals surface area contributed by atoms with Gasteiger partial charge in [-0.05, 0) is 24.4 Å². The zero-order valence-corrected chi connectivity index (χ0v) is 11.2. The topological polar surface area (TPSA) is 51.8 Å². The van der Waals surface area contributed by atoms with Crippen LogP contribution >= 0.6 is 0 Å². The van der Waals surface area contributed by atoms with Crippen molar-refractivity contribution in [1.82, 2.24) is 0 Å². The number of rotatable bonds is 2. The van der Waals surface area contributed by atoms with E-state index in [1.54, 1.807) is 6.07 Å². The van der Waals surface area contributed by atoms with Crippen LogP contribution in [0.2, 0.25) is 0 Å². The van der Waals surface area contributed by atoms with Crippen molar-refractivity contribution in [2.75, 3.05) is 7.11 Å². The Morgan fingerprint density at radius 2 is 1.75 bits per heavy atom. The fourth-order valence-corrected chi connectivity index (χ4v) is 2.37. The molecule has 4 heteroatoms. The standard InChI is InChI=1S/C16H13NO3/c1-10(17-19-2)11-8-5-9-13-12-6-3-4-7-14(12)16(18)20-15(11)13/h3-9H,1-2H3/b17-10+. The fourth-order valence-electron chi connectivity index (χ4n) is 2.37. The van der Waals surface area contributed by atoms with Gasteiger partial charge in [0.1, 0.15) is 12.7 Å². The zero-order chi connectivity index (χ0) is 14.1. The highest BCUT2D eigenvalue weighted by Gasteiger charge is 2.12. The lowest BCUT2D eigenvalue weighted by Gasteiger charge is -2.06. The molecule has 1 heterocycles. The third kappa shape index (κ3) is 1.86. The molecule has 0 spiro atoms. The molecular weight excluding hydrogens is 254 g/mol. The van der Waals surface area contributed by atoms with E-state index < -0.39 is 0 Å². The van der Waals surface area contributed by atoms with Crippen LogP contribution in [0.4, 0.5) is 0 Å². The summed E-state index contributed by atoms with van der Waals surface area (Å²) in [4.78, 5) is 16.9. The summed E-state index contributed by atoms with van der Waals surface area (Å²) in [5.41, 5.74) is 1.61. The summed E-state index contributed by atoms with van der Waals surface area (Å²) in [7, 11) is 1.49. The summed E-state index contributed by atoms with van der Waals surface area (Å²) in [6.07, 6.45) is 0. The average Bonchev–Trinajstić information content (AvgIpc) is 2.47. The summed E-state index contributed by atoms with van der Waals surface area (Å²) >= 11 is 0. The van der Waals surface area contributed by atoms with Gasteiger partial charge in [0, 0.05) is 10.9 Å². The third-order valence-electron chi connectivity index (χ3n) is 3.26. The quantitative estimate of drug-likeness (QED) is 0.310. The van der Waals surface area contributed by atoms with E-state index in [0.717, 1.165) is 16.3 Å².